The van der Waals surface area contributed by atoms with Crippen molar-refractivity contribution in [3.05, 3.63) is 59.7 Å². The van der Waals surface area contributed by atoms with Gasteiger partial charge in [-0.15, -0.1) is 0 Å². The van der Waals surface area contributed by atoms with Gasteiger partial charge in [0.05, 0.1) is 6.61 Å². The predicted molar refractivity (Wildman–Crippen MR) is 67.7 cm³/mol. The van der Waals surface area contributed by atoms with E-state index < -0.39 is 0 Å². The van der Waals surface area contributed by atoms with E-state index in [0.29, 0.717) is 5.69 Å². The van der Waals surface area contributed by atoms with Gasteiger partial charge in [0.25, 0.3) is 0 Å². The summed E-state index contributed by atoms with van der Waals surface area (Å²) < 4.78 is 0. The van der Waals surface area contributed by atoms with Crippen LogP contribution in [0, 0.1) is 0 Å². The molecule has 0 aromatic heterocycles. The van der Waals surface area contributed by atoms with Crippen molar-refractivity contribution >= 4 is 11.9 Å². The molecule has 3 heteroatoms. The molecule has 0 bridgehead atoms. The van der Waals surface area contributed by atoms with Crippen LogP contribution < -0.4 is 0 Å². The van der Waals surface area contributed by atoms with Gasteiger partial charge in [0.1, 0.15) is 11.4 Å². The van der Waals surface area contributed by atoms with Crippen molar-refractivity contribution in [2.24, 2.45) is 4.99 Å². The van der Waals surface area contributed by atoms with E-state index in [1.165, 1.54) is 0 Å². The first-order valence-corrected chi connectivity index (χ1v) is 5.32. The molecule has 0 heterocycles. The SMILES string of the molecule is OCc1ccccc1C=Nc1ccccc1O. The molecule has 0 spiro atoms. The summed E-state index contributed by atoms with van der Waals surface area (Å²) in [6.45, 7) is -0.0248. The summed E-state index contributed by atoms with van der Waals surface area (Å²) in [5.74, 6) is 0.144. The molecular formula is C14H13NO2. The first kappa shape index (κ1) is 11.4. The Bertz CT molecular complexity index is 535. The van der Waals surface area contributed by atoms with Gasteiger partial charge < -0.3 is 10.2 Å². The maximum absolute atomic E-state index is 9.55. The molecule has 17 heavy (non-hydrogen) atoms. The van der Waals surface area contributed by atoms with Gasteiger partial charge in [-0.25, -0.2) is 0 Å². The quantitative estimate of drug-likeness (QED) is 0.792. The fraction of sp³-hybridized carbons (Fsp3) is 0.0714. The monoisotopic (exact) mass is 227 g/mol. The standard InChI is InChI=1S/C14H13NO2/c16-10-12-6-2-1-5-11(12)9-15-13-7-3-4-8-14(13)17/h1-9,16-17H,10H2. The Morgan fingerprint density at radius 3 is 2.47 bits per heavy atom. The van der Waals surface area contributed by atoms with E-state index in [-0.39, 0.29) is 12.4 Å². The lowest BCUT2D eigenvalue weighted by molar-refractivity contribution is 0.281. The third-order valence-corrected chi connectivity index (χ3v) is 2.45. The third-order valence-electron chi connectivity index (χ3n) is 2.45. The highest BCUT2D eigenvalue weighted by molar-refractivity contribution is 5.84. The molecular weight excluding hydrogens is 214 g/mol. The Balaban J connectivity index is 2.29. The summed E-state index contributed by atoms with van der Waals surface area (Å²) in [7, 11) is 0. The highest BCUT2D eigenvalue weighted by Crippen LogP contribution is 2.24. The Morgan fingerprint density at radius 2 is 1.71 bits per heavy atom. The van der Waals surface area contributed by atoms with E-state index in [4.69, 9.17) is 5.11 Å². The molecule has 86 valence electrons. The van der Waals surface area contributed by atoms with E-state index in [1.807, 2.05) is 30.3 Å². The van der Waals surface area contributed by atoms with Crippen molar-refractivity contribution in [1.82, 2.24) is 0 Å². The molecule has 2 N–H and O–H groups in total. The van der Waals surface area contributed by atoms with Crippen molar-refractivity contribution < 1.29 is 10.2 Å². The fourth-order valence-corrected chi connectivity index (χ4v) is 1.52. The highest BCUT2D eigenvalue weighted by Gasteiger charge is 1.98. The number of nitrogens with zero attached hydrogens (tertiary/aromatic N) is 1. The summed E-state index contributed by atoms with van der Waals surface area (Å²) >= 11 is 0. The van der Waals surface area contributed by atoms with Gasteiger partial charge in [-0.3, -0.25) is 4.99 Å². The third kappa shape index (κ3) is 2.71. The maximum atomic E-state index is 9.55. The van der Waals surface area contributed by atoms with Crippen LogP contribution in [0.5, 0.6) is 5.75 Å². The lowest BCUT2D eigenvalue weighted by atomic mass is 10.1. The van der Waals surface area contributed by atoms with Gasteiger partial charge in [0, 0.05) is 6.21 Å². The fourth-order valence-electron chi connectivity index (χ4n) is 1.52. The molecule has 0 saturated carbocycles. The average molecular weight is 227 g/mol. The van der Waals surface area contributed by atoms with Crippen molar-refractivity contribution in [2.45, 2.75) is 6.61 Å². The molecule has 0 aliphatic heterocycles. The molecule has 0 amide bonds. The second-order valence-electron chi connectivity index (χ2n) is 3.60. The normalized spacial score (nSPS) is 10.9. The minimum Gasteiger partial charge on any atom is -0.506 e. The zero-order valence-corrected chi connectivity index (χ0v) is 9.24. The number of rotatable bonds is 3. The molecule has 0 fully saturated rings. The molecule has 2 aromatic rings. The van der Waals surface area contributed by atoms with Crippen LogP contribution in [0.25, 0.3) is 0 Å². The van der Waals surface area contributed by atoms with E-state index >= 15 is 0 Å². The van der Waals surface area contributed by atoms with Crippen LogP contribution in [-0.4, -0.2) is 16.4 Å². The zero-order valence-electron chi connectivity index (χ0n) is 9.24. The average Bonchev–Trinajstić information content (AvgIpc) is 2.38. The van der Waals surface area contributed by atoms with Crippen LogP contribution >= 0.6 is 0 Å². The molecule has 0 unspecified atom stereocenters. The first-order chi connectivity index (χ1) is 8.31. The van der Waals surface area contributed by atoms with Gasteiger partial charge in [-0.1, -0.05) is 36.4 Å². The molecule has 2 aromatic carbocycles. The number of para-hydroxylation sites is 2. The van der Waals surface area contributed by atoms with Crippen molar-refractivity contribution in [3.63, 3.8) is 0 Å². The topological polar surface area (TPSA) is 52.8 Å². The Morgan fingerprint density at radius 1 is 1.00 bits per heavy atom. The molecule has 3 nitrogen and oxygen atoms in total. The Kier molecular flexibility index (Phi) is 3.52. The maximum Gasteiger partial charge on any atom is 0.141 e. The first-order valence-electron chi connectivity index (χ1n) is 5.32. The molecule has 0 atom stereocenters. The lowest BCUT2D eigenvalue weighted by Gasteiger charge is -2.01. The van der Waals surface area contributed by atoms with Gasteiger partial charge >= 0.3 is 0 Å². The summed E-state index contributed by atoms with van der Waals surface area (Å²) in [5, 5.41) is 18.7. The van der Waals surface area contributed by atoms with Crippen molar-refractivity contribution in [1.29, 1.82) is 0 Å². The Labute approximate surface area is 99.7 Å². The number of aliphatic imine (C=N–C) groups is 1. The summed E-state index contributed by atoms with van der Waals surface area (Å²) in [5.41, 5.74) is 2.17. The van der Waals surface area contributed by atoms with Crippen LogP contribution in [0.1, 0.15) is 11.1 Å². The van der Waals surface area contributed by atoms with E-state index in [0.717, 1.165) is 11.1 Å². The number of aromatic hydroxyl groups is 1. The summed E-state index contributed by atoms with van der Waals surface area (Å²) in [6, 6.07) is 14.3. The number of aliphatic hydroxyl groups excluding tert-OH is 1. The zero-order chi connectivity index (χ0) is 12.1. The predicted octanol–water partition coefficient (Wildman–Crippen LogP) is 2.64. The summed E-state index contributed by atoms with van der Waals surface area (Å²) in [4.78, 5) is 4.20. The molecule has 2 rings (SSSR count). The van der Waals surface area contributed by atoms with Crippen molar-refractivity contribution in [2.75, 3.05) is 0 Å². The van der Waals surface area contributed by atoms with Crippen LogP contribution in [0.15, 0.2) is 53.5 Å². The minimum atomic E-state index is -0.0248. The smallest absolute Gasteiger partial charge is 0.141 e. The largest absolute Gasteiger partial charge is 0.506 e. The number of phenols is 1. The van der Waals surface area contributed by atoms with E-state index in [1.54, 1.807) is 24.4 Å². The minimum absolute atomic E-state index is 0.0248. The number of hydrogen-bond acceptors (Lipinski definition) is 3. The molecule has 0 saturated heterocycles. The number of benzene rings is 2. The van der Waals surface area contributed by atoms with Crippen molar-refractivity contribution in [3.8, 4) is 5.75 Å². The van der Waals surface area contributed by atoms with Crippen LogP contribution in [0.2, 0.25) is 0 Å². The second-order valence-corrected chi connectivity index (χ2v) is 3.60. The van der Waals surface area contributed by atoms with Crippen LogP contribution in [-0.2, 0) is 6.61 Å². The lowest BCUT2D eigenvalue weighted by Crippen LogP contribution is -1.91. The second kappa shape index (κ2) is 5.27. The molecule has 0 radical (unpaired) electrons. The number of hydrogen-bond donors (Lipinski definition) is 2. The van der Waals surface area contributed by atoms with Crippen LogP contribution in [0.4, 0.5) is 5.69 Å². The van der Waals surface area contributed by atoms with Crippen LogP contribution in [0.3, 0.4) is 0 Å². The van der Waals surface area contributed by atoms with Gasteiger partial charge in [-0.05, 0) is 23.3 Å². The molecule has 0 aliphatic carbocycles. The number of aliphatic hydroxyl groups is 1. The van der Waals surface area contributed by atoms with E-state index in [9.17, 15) is 5.11 Å². The Hall–Kier alpha value is -2.13. The van der Waals surface area contributed by atoms with E-state index in [2.05, 4.69) is 4.99 Å². The van der Waals surface area contributed by atoms with Gasteiger partial charge in [0.2, 0.25) is 0 Å². The van der Waals surface area contributed by atoms with Gasteiger partial charge in [0.15, 0.2) is 0 Å². The highest BCUT2D eigenvalue weighted by atomic mass is 16.3. The van der Waals surface area contributed by atoms with Gasteiger partial charge in [-0.2, -0.15) is 0 Å². The molecule has 0 aliphatic rings. The number of phenolic OH excluding ortho intramolecular Hbond substituents is 1. The summed E-state index contributed by atoms with van der Waals surface area (Å²) in [6.07, 6.45) is 1.64.